The first-order chi connectivity index (χ1) is 20.1. The Hall–Kier alpha value is -2.79. The predicted octanol–water partition coefficient (Wildman–Crippen LogP) is 3.04. The quantitative estimate of drug-likeness (QED) is 0.385. The first-order valence-corrected chi connectivity index (χ1v) is 15.4. The molecule has 0 spiro atoms. The summed E-state index contributed by atoms with van der Waals surface area (Å²) in [5, 5.41) is 27.7. The number of aromatic nitrogens is 2. The highest BCUT2D eigenvalue weighted by atomic mass is 16.3. The second-order valence-electron chi connectivity index (χ2n) is 11.4. The predicted molar refractivity (Wildman–Crippen MR) is 169 cm³/mol. The molecule has 236 valence electrons. The third-order valence-corrected chi connectivity index (χ3v) is 8.16. The van der Waals surface area contributed by atoms with Crippen molar-refractivity contribution >= 4 is 17.9 Å². The number of hydrogen-bond donors (Lipinski definition) is 3. The van der Waals surface area contributed by atoms with Crippen LogP contribution < -0.4 is 10.2 Å². The van der Waals surface area contributed by atoms with Gasteiger partial charge in [0, 0.05) is 68.2 Å². The summed E-state index contributed by atoms with van der Waals surface area (Å²) in [7, 11) is 3.97. The average molecular weight is 587 g/mol. The maximum Gasteiger partial charge on any atom is 0.238 e. The lowest BCUT2D eigenvalue weighted by molar-refractivity contribution is -0.126. The Labute approximate surface area is 252 Å². The van der Waals surface area contributed by atoms with Crippen LogP contribution in [0.5, 0.6) is 0 Å². The number of likely N-dealkylation sites (tertiary alicyclic amines) is 1. The first kappa shape index (κ1) is 35.4. The number of nitrogens with one attached hydrogen (secondary N) is 1. The van der Waals surface area contributed by atoms with E-state index in [2.05, 4.69) is 40.3 Å². The molecule has 4 atom stereocenters. The van der Waals surface area contributed by atoms with Crippen LogP contribution in [0.3, 0.4) is 0 Å². The normalized spacial score (nSPS) is 20.7. The fourth-order valence-electron chi connectivity index (χ4n) is 5.07. The number of rotatable bonds is 9. The summed E-state index contributed by atoms with van der Waals surface area (Å²) in [4.78, 5) is 29.5. The number of aliphatic hydroxyl groups excluding tert-OH is 2. The van der Waals surface area contributed by atoms with Gasteiger partial charge >= 0.3 is 0 Å². The van der Waals surface area contributed by atoms with Gasteiger partial charge in [-0.3, -0.25) is 14.4 Å². The number of anilines is 1. The second kappa shape index (κ2) is 17.4. The number of carbonyl (C=O) groups is 2. The Morgan fingerprint density at radius 3 is 2.29 bits per heavy atom. The lowest BCUT2D eigenvalue weighted by Crippen LogP contribution is -2.46. The van der Waals surface area contributed by atoms with Crippen LogP contribution in [-0.2, 0) is 16.1 Å². The Morgan fingerprint density at radius 1 is 1.12 bits per heavy atom. The number of nitrogens with zero attached hydrogens (tertiary/aromatic N) is 5. The molecule has 0 bridgehead atoms. The van der Waals surface area contributed by atoms with E-state index in [1.165, 1.54) is 0 Å². The summed E-state index contributed by atoms with van der Waals surface area (Å²) in [6, 6.07) is 7.31. The van der Waals surface area contributed by atoms with Crippen molar-refractivity contribution < 1.29 is 19.8 Å². The van der Waals surface area contributed by atoms with Crippen molar-refractivity contribution in [3.8, 4) is 11.3 Å². The van der Waals surface area contributed by atoms with Crippen molar-refractivity contribution in [2.24, 2.45) is 11.8 Å². The molecule has 42 heavy (non-hydrogen) atoms. The number of carbonyl (C=O) groups excluding carboxylic acids is 2. The summed E-state index contributed by atoms with van der Waals surface area (Å²) in [6.45, 7) is 16.8. The molecule has 0 aliphatic carbocycles. The third kappa shape index (κ3) is 9.36. The zero-order valence-electron chi connectivity index (χ0n) is 27.0. The van der Waals surface area contributed by atoms with Gasteiger partial charge in [0.05, 0.1) is 30.5 Å². The van der Waals surface area contributed by atoms with Crippen LogP contribution in [0.1, 0.15) is 59.6 Å². The van der Waals surface area contributed by atoms with Crippen molar-refractivity contribution in [1.82, 2.24) is 24.9 Å². The molecule has 10 nitrogen and oxygen atoms in total. The van der Waals surface area contributed by atoms with Crippen LogP contribution >= 0.6 is 0 Å². The van der Waals surface area contributed by atoms with Gasteiger partial charge in [-0.2, -0.15) is 5.10 Å². The molecule has 10 heteroatoms. The average Bonchev–Trinajstić information content (AvgIpc) is 3.62. The van der Waals surface area contributed by atoms with Crippen LogP contribution in [0.15, 0.2) is 30.5 Å². The van der Waals surface area contributed by atoms with Gasteiger partial charge < -0.3 is 30.1 Å². The third-order valence-electron chi connectivity index (χ3n) is 8.16. The SMILES string of the molecule is CC.CC(C)C(C)C=O.CCn1nccc1-c1ccc(C(CO)NC(=O)C2CC(O)CN2C)c(N2CCN(C)CC2)c1. The molecule has 1 aromatic carbocycles. The van der Waals surface area contributed by atoms with Crippen LogP contribution in [0.25, 0.3) is 11.3 Å². The second-order valence-corrected chi connectivity index (χ2v) is 11.4. The molecule has 1 amide bonds. The minimum atomic E-state index is -0.525. The molecule has 2 aromatic rings. The highest BCUT2D eigenvalue weighted by Crippen LogP contribution is 2.33. The van der Waals surface area contributed by atoms with Crippen molar-refractivity contribution in [2.45, 2.75) is 72.7 Å². The van der Waals surface area contributed by atoms with Gasteiger partial charge in [-0.1, -0.05) is 46.8 Å². The van der Waals surface area contributed by atoms with E-state index in [4.69, 9.17) is 0 Å². The van der Waals surface area contributed by atoms with Gasteiger partial charge in [0.2, 0.25) is 5.91 Å². The first-order valence-electron chi connectivity index (χ1n) is 15.4. The number of aldehydes is 1. The Bertz CT molecular complexity index is 1100. The molecule has 3 heterocycles. The fourth-order valence-corrected chi connectivity index (χ4v) is 5.07. The van der Waals surface area contributed by atoms with E-state index in [9.17, 15) is 19.8 Å². The number of hydrogen-bond acceptors (Lipinski definition) is 8. The Morgan fingerprint density at radius 2 is 1.79 bits per heavy atom. The molecule has 0 saturated carbocycles. The Kier molecular flexibility index (Phi) is 14.6. The van der Waals surface area contributed by atoms with Gasteiger partial charge in [0.15, 0.2) is 0 Å². The van der Waals surface area contributed by atoms with E-state index in [0.717, 1.165) is 61.5 Å². The van der Waals surface area contributed by atoms with Crippen molar-refractivity contribution in [2.75, 3.05) is 58.3 Å². The number of aliphatic hydroxyl groups is 2. The maximum absolute atomic E-state index is 13.0. The fraction of sp³-hybridized carbons (Fsp3) is 0.656. The largest absolute Gasteiger partial charge is 0.394 e. The minimum absolute atomic E-state index is 0.162. The molecule has 2 fully saturated rings. The molecule has 2 aliphatic rings. The number of β-amino-alcohol motifs (C(OH)–C–C–N with tert-alkyl or cyclic N) is 1. The molecule has 2 aliphatic heterocycles. The van der Waals surface area contributed by atoms with Crippen LogP contribution in [-0.4, -0.2) is 108 Å². The molecule has 0 radical (unpaired) electrons. The zero-order chi connectivity index (χ0) is 31.4. The van der Waals surface area contributed by atoms with Gasteiger partial charge in [-0.25, -0.2) is 0 Å². The smallest absolute Gasteiger partial charge is 0.238 e. The van der Waals surface area contributed by atoms with Gasteiger partial charge in [-0.05, 0) is 45.5 Å². The van der Waals surface area contributed by atoms with Crippen molar-refractivity contribution in [3.05, 3.63) is 36.0 Å². The lowest BCUT2D eigenvalue weighted by Gasteiger charge is -2.36. The van der Waals surface area contributed by atoms with Gasteiger partial charge in [0.25, 0.3) is 0 Å². The van der Waals surface area contributed by atoms with Crippen molar-refractivity contribution in [1.29, 1.82) is 0 Å². The van der Waals surface area contributed by atoms with Crippen LogP contribution in [0.2, 0.25) is 0 Å². The maximum atomic E-state index is 13.0. The number of likely N-dealkylation sites (N-methyl/N-ethyl adjacent to an activating group) is 2. The number of amides is 1. The van der Waals surface area contributed by atoms with Crippen LogP contribution in [0.4, 0.5) is 5.69 Å². The van der Waals surface area contributed by atoms with E-state index < -0.39 is 12.1 Å². The van der Waals surface area contributed by atoms with E-state index in [-0.39, 0.29) is 24.5 Å². The molecular weight excluding hydrogens is 532 g/mol. The van der Waals surface area contributed by atoms with Crippen molar-refractivity contribution in [3.63, 3.8) is 0 Å². The molecule has 3 N–H and O–H groups in total. The highest BCUT2D eigenvalue weighted by molar-refractivity contribution is 5.83. The molecule has 4 unspecified atom stereocenters. The molecule has 1 aromatic heterocycles. The Balaban J connectivity index is 0.000000601. The highest BCUT2D eigenvalue weighted by Gasteiger charge is 2.35. The summed E-state index contributed by atoms with van der Waals surface area (Å²) in [5.41, 5.74) is 4.05. The van der Waals surface area contributed by atoms with E-state index in [1.807, 2.05) is 75.6 Å². The summed E-state index contributed by atoms with van der Waals surface area (Å²) < 4.78 is 1.97. The zero-order valence-corrected chi connectivity index (χ0v) is 27.0. The summed E-state index contributed by atoms with van der Waals surface area (Å²) in [5.74, 6) is 0.558. The standard InChI is InChI=1S/C24H36N6O3.C6H12O.C2H6/c1-4-30-21(7-8-25-30)17-5-6-19(22(13-17)29-11-9-27(2)10-12-29)20(16-31)26-24(33)23-14-18(32)15-28(23)3;1-5(2)6(3)4-7;1-2/h5-8,13,18,20,23,31-32H,4,9-12,14-16H2,1-3H3,(H,26,33);4-6H,1-3H3;1-2H3. The summed E-state index contributed by atoms with van der Waals surface area (Å²) >= 11 is 0. The number of benzene rings is 1. The van der Waals surface area contributed by atoms with E-state index >= 15 is 0 Å². The lowest BCUT2D eigenvalue weighted by atomic mass is 9.99. The van der Waals surface area contributed by atoms with Gasteiger partial charge in [0.1, 0.15) is 6.29 Å². The number of piperazine rings is 1. The number of aryl methyl sites for hydroxylation is 1. The monoisotopic (exact) mass is 586 g/mol. The van der Waals surface area contributed by atoms with Gasteiger partial charge in [-0.15, -0.1) is 0 Å². The topological polar surface area (TPSA) is 114 Å². The molecule has 2 saturated heterocycles. The molecule has 4 rings (SSSR count). The minimum Gasteiger partial charge on any atom is -0.394 e. The summed E-state index contributed by atoms with van der Waals surface area (Å²) in [6.07, 6.45) is 2.71. The van der Waals surface area contributed by atoms with Crippen LogP contribution in [0, 0.1) is 11.8 Å². The van der Waals surface area contributed by atoms with E-state index in [0.29, 0.717) is 18.9 Å². The van der Waals surface area contributed by atoms with E-state index in [1.54, 1.807) is 0 Å². The molecular formula is C32H54N6O4.